The predicted molar refractivity (Wildman–Crippen MR) is 59.5 cm³/mol. The van der Waals surface area contributed by atoms with Crippen LogP contribution in [-0.2, 0) is 11.2 Å². The van der Waals surface area contributed by atoms with E-state index < -0.39 is 11.6 Å². The van der Waals surface area contributed by atoms with Crippen molar-refractivity contribution in [2.75, 3.05) is 20.1 Å². The molecule has 1 fully saturated rings. The van der Waals surface area contributed by atoms with E-state index in [2.05, 4.69) is 5.32 Å². The van der Waals surface area contributed by atoms with Crippen LogP contribution in [0.3, 0.4) is 0 Å². The van der Waals surface area contributed by atoms with Gasteiger partial charge in [-0.05, 0) is 24.1 Å². The lowest BCUT2D eigenvalue weighted by Gasteiger charge is -2.30. The fourth-order valence-electron chi connectivity index (χ4n) is 1.95. The summed E-state index contributed by atoms with van der Waals surface area (Å²) in [7, 11) is 1.74. The molecule has 1 amide bonds. The number of hydrogen-bond acceptors (Lipinski definition) is 2. The summed E-state index contributed by atoms with van der Waals surface area (Å²) in [5, 5.41) is 3.07. The Kier molecular flexibility index (Phi) is 3.38. The molecular weight excluding hydrogens is 226 g/mol. The summed E-state index contributed by atoms with van der Waals surface area (Å²) < 4.78 is 25.8. The van der Waals surface area contributed by atoms with Crippen LogP contribution in [0, 0.1) is 11.6 Å². The van der Waals surface area contributed by atoms with Gasteiger partial charge in [-0.2, -0.15) is 0 Å². The fourth-order valence-corrected chi connectivity index (χ4v) is 1.95. The van der Waals surface area contributed by atoms with Gasteiger partial charge in [-0.1, -0.05) is 6.07 Å². The van der Waals surface area contributed by atoms with E-state index in [4.69, 9.17) is 0 Å². The molecule has 1 N–H and O–H groups in total. The van der Waals surface area contributed by atoms with E-state index in [9.17, 15) is 13.6 Å². The first-order valence-corrected chi connectivity index (χ1v) is 5.47. The number of piperazine rings is 1. The van der Waals surface area contributed by atoms with Crippen LogP contribution in [0.4, 0.5) is 8.78 Å². The molecule has 5 heteroatoms. The van der Waals surface area contributed by atoms with Gasteiger partial charge in [0, 0.05) is 19.6 Å². The number of rotatable bonds is 2. The van der Waals surface area contributed by atoms with E-state index in [1.807, 2.05) is 0 Å². The predicted octanol–water partition coefficient (Wildman–Crippen LogP) is 0.938. The van der Waals surface area contributed by atoms with Crippen molar-refractivity contribution >= 4 is 5.91 Å². The molecule has 1 saturated heterocycles. The summed E-state index contributed by atoms with van der Waals surface area (Å²) in [6.45, 7) is 0.878. The molecule has 1 aliphatic rings. The lowest BCUT2D eigenvalue weighted by molar-refractivity contribution is -0.131. The van der Waals surface area contributed by atoms with Crippen molar-refractivity contribution in [3.05, 3.63) is 35.4 Å². The zero-order valence-corrected chi connectivity index (χ0v) is 9.54. The molecule has 1 atom stereocenters. The minimum Gasteiger partial charge on any atom is -0.343 e. The smallest absolute Gasteiger partial charge is 0.236 e. The highest BCUT2D eigenvalue weighted by Crippen LogP contribution is 2.12. The molecule has 1 aliphatic heterocycles. The molecule has 0 saturated carbocycles. The standard InChI is InChI=1S/C12H14F2N2O/c1-16-7-9(15-6-12(16)17)4-8-2-3-10(13)11(14)5-8/h2-3,5,9,15H,4,6-7H2,1H3. The van der Waals surface area contributed by atoms with E-state index in [0.29, 0.717) is 19.5 Å². The Labute approximate surface area is 98.4 Å². The van der Waals surface area contributed by atoms with Gasteiger partial charge in [0.1, 0.15) is 0 Å². The molecule has 2 rings (SSSR count). The quantitative estimate of drug-likeness (QED) is 0.834. The summed E-state index contributed by atoms with van der Waals surface area (Å²) in [4.78, 5) is 12.9. The zero-order chi connectivity index (χ0) is 12.4. The Bertz CT molecular complexity index is 437. The van der Waals surface area contributed by atoms with Crippen LogP contribution >= 0.6 is 0 Å². The number of nitrogens with one attached hydrogen (secondary N) is 1. The largest absolute Gasteiger partial charge is 0.343 e. The average molecular weight is 240 g/mol. The second-order valence-corrected chi connectivity index (χ2v) is 4.30. The number of hydrogen-bond donors (Lipinski definition) is 1. The molecule has 17 heavy (non-hydrogen) atoms. The summed E-state index contributed by atoms with van der Waals surface area (Å²) in [5.41, 5.74) is 0.726. The van der Waals surface area contributed by atoms with E-state index in [-0.39, 0.29) is 11.9 Å². The van der Waals surface area contributed by atoms with Crippen LogP contribution in [0.25, 0.3) is 0 Å². The number of nitrogens with zero attached hydrogens (tertiary/aromatic N) is 1. The zero-order valence-electron chi connectivity index (χ0n) is 9.54. The van der Waals surface area contributed by atoms with Gasteiger partial charge in [0.25, 0.3) is 0 Å². The van der Waals surface area contributed by atoms with Crippen LogP contribution < -0.4 is 5.32 Å². The van der Waals surface area contributed by atoms with Crippen LogP contribution in [0.2, 0.25) is 0 Å². The Balaban J connectivity index is 2.01. The van der Waals surface area contributed by atoms with Gasteiger partial charge in [-0.25, -0.2) is 8.78 Å². The van der Waals surface area contributed by atoms with Crippen molar-refractivity contribution in [3.63, 3.8) is 0 Å². The molecule has 0 aromatic heterocycles. The minimum absolute atomic E-state index is 0.0477. The number of carbonyl (C=O) groups excluding carboxylic acids is 1. The first kappa shape index (κ1) is 12.0. The van der Waals surface area contributed by atoms with Crippen molar-refractivity contribution in [3.8, 4) is 0 Å². The highest BCUT2D eigenvalue weighted by Gasteiger charge is 2.22. The van der Waals surface area contributed by atoms with E-state index >= 15 is 0 Å². The van der Waals surface area contributed by atoms with Gasteiger partial charge in [0.05, 0.1) is 6.54 Å². The summed E-state index contributed by atoms with van der Waals surface area (Å²) in [6, 6.07) is 3.98. The maximum absolute atomic E-state index is 13.0. The second kappa shape index (κ2) is 4.79. The number of halogens is 2. The van der Waals surface area contributed by atoms with Gasteiger partial charge >= 0.3 is 0 Å². The van der Waals surface area contributed by atoms with Crippen LogP contribution in [0.5, 0.6) is 0 Å². The van der Waals surface area contributed by atoms with Gasteiger partial charge < -0.3 is 10.2 Å². The van der Waals surface area contributed by atoms with Gasteiger partial charge in [0.15, 0.2) is 11.6 Å². The third-order valence-corrected chi connectivity index (χ3v) is 2.93. The lowest BCUT2D eigenvalue weighted by Crippen LogP contribution is -2.53. The van der Waals surface area contributed by atoms with E-state index in [1.54, 1.807) is 18.0 Å². The summed E-state index contributed by atoms with van der Waals surface area (Å²) >= 11 is 0. The molecule has 1 heterocycles. The van der Waals surface area contributed by atoms with Crippen molar-refractivity contribution in [1.29, 1.82) is 0 Å². The summed E-state index contributed by atoms with van der Waals surface area (Å²) in [5.74, 6) is -1.62. The topological polar surface area (TPSA) is 32.3 Å². The Morgan fingerprint density at radius 2 is 2.18 bits per heavy atom. The fraction of sp³-hybridized carbons (Fsp3) is 0.417. The molecule has 0 aliphatic carbocycles. The molecule has 0 bridgehead atoms. The third-order valence-electron chi connectivity index (χ3n) is 2.93. The van der Waals surface area contributed by atoms with Crippen LogP contribution in [0.15, 0.2) is 18.2 Å². The first-order chi connectivity index (χ1) is 8.06. The van der Waals surface area contributed by atoms with Gasteiger partial charge in [0.2, 0.25) is 5.91 Å². The van der Waals surface area contributed by atoms with Gasteiger partial charge in [-0.3, -0.25) is 4.79 Å². The molecule has 3 nitrogen and oxygen atoms in total. The van der Waals surface area contributed by atoms with Gasteiger partial charge in [-0.15, -0.1) is 0 Å². The Morgan fingerprint density at radius 1 is 1.41 bits per heavy atom. The molecule has 0 radical (unpaired) electrons. The van der Waals surface area contributed by atoms with Crippen molar-refractivity contribution in [2.24, 2.45) is 0 Å². The average Bonchev–Trinajstić information content (AvgIpc) is 2.29. The van der Waals surface area contributed by atoms with Crippen molar-refractivity contribution in [2.45, 2.75) is 12.5 Å². The monoisotopic (exact) mass is 240 g/mol. The number of likely N-dealkylation sites (N-methyl/N-ethyl adjacent to an activating group) is 1. The molecule has 1 aromatic rings. The van der Waals surface area contributed by atoms with Crippen molar-refractivity contribution < 1.29 is 13.6 Å². The number of carbonyl (C=O) groups is 1. The van der Waals surface area contributed by atoms with Crippen molar-refractivity contribution in [1.82, 2.24) is 10.2 Å². The minimum atomic E-state index is -0.836. The Morgan fingerprint density at radius 3 is 2.82 bits per heavy atom. The van der Waals surface area contributed by atoms with E-state index in [0.717, 1.165) is 11.6 Å². The number of benzene rings is 1. The number of amides is 1. The SMILES string of the molecule is CN1CC(Cc2ccc(F)c(F)c2)NCC1=O. The van der Waals surface area contributed by atoms with E-state index in [1.165, 1.54) is 6.07 Å². The molecular formula is C12H14F2N2O. The Hall–Kier alpha value is -1.49. The molecule has 0 spiro atoms. The highest BCUT2D eigenvalue weighted by atomic mass is 19.2. The van der Waals surface area contributed by atoms with Crippen LogP contribution in [-0.4, -0.2) is 37.0 Å². The maximum Gasteiger partial charge on any atom is 0.236 e. The third kappa shape index (κ3) is 2.79. The normalized spacial score (nSPS) is 20.8. The first-order valence-electron chi connectivity index (χ1n) is 5.47. The van der Waals surface area contributed by atoms with Crippen LogP contribution in [0.1, 0.15) is 5.56 Å². The lowest BCUT2D eigenvalue weighted by atomic mass is 10.0. The summed E-state index contributed by atoms with van der Waals surface area (Å²) in [6.07, 6.45) is 0.578. The maximum atomic E-state index is 13.0. The molecule has 92 valence electrons. The highest BCUT2D eigenvalue weighted by molar-refractivity contribution is 5.78. The molecule has 1 aromatic carbocycles. The second-order valence-electron chi connectivity index (χ2n) is 4.30. The molecule has 1 unspecified atom stereocenters.